The van der Waals surface area contributed by atoms with Crippen molar-refractivity contribution in [2.45, 2.75) is 50.6 Å². The van der Waals surface area contributed by atoms with Gasteiger partial charge in [0.05, 0.1) is 0 Å². The number of nitrogens with zero attached hydrogens (tertiary/aromatic N) is 1. The Bertz CT molecular complexity index is 180. The summed E-state index contributed by atoms with van der Waals surface area (Å²) in [5.41, 5.74) is 5.90. The van der Waals surface area contributed by atoms with Gasteiger partial charge in [-0.1, -0.05) is 12.8 Å². The molecule has 0 aromatic carbocycles. The molecule has 2 N–H and O–H groups in total. The highest BCUT2D eigenvalue weighted by molar-refractivity contribution is 4.83. The van der Waals surface area contributed by atoms with Gasteiger partial charge >= 0.3 is 0 Å². The summed E-state index contributed by atoms with van der Waals surface area (Å²) in [6.07, 6.45) is 7.81. The fourth-order valence-corrected chi connectivity index (χ4v) is 2.95. The van der Waals surface area contributed by atoms with Gasteiger partial charge in [-0.3, -0.25) is 4.90 Å². The third-order valence-electron chi connectivity index (χ3n) is 3.85. The average Bonchev–Trinajstić information content (AvgIpc) is 2.55. The standard InChI is InChI=1S/C12H24N2O/c13-10-12-4-2-1-3-7-14(12)11-5-8-15-9-6-11/h11-12H,1-10,13H2. The fourth-order valence-electron chi connectivity index (χ4n) is 2.95. The summed E-state index contributed by atoms with van der Waals surface area (Å²) in [6.45, 7) is 3.97. The Morgan fingerprint density at radius 2 is 1.87 bits per heavy atom. The minimum absolute atomic E-state index is 0.635. The largest absolute Gasteiger partial charge is 0.381 e. The van der Waals surface area contributed by atoms with Crippen LogP contribution < -0.4 is 5.73 Å². The molecule has 0 saturated carbocycles. The van der Waals surface area contributed by atoms with Crippen LogP contribution in [0.2, 0.25) is 0 Å². The third kappa shape index (κ3) is 2.92. The minimum Gasteiger partial charge on any atom is -0.381 e. The molecule has 0 aromatic rings. The van der Waals surface area contributed by atoms with Gasteiger partial charge in [-0.15, -0.1) is 0 Å². The van der Waals surface area contributed by atoms with E-state index in [-0.39, 0.29) is 0 Å². The van der Waals surface area contributed by atoms with Gasteiger partial charge < -0.3 is 10.5 Å². The van der Waals surface area contributed by atoms with E-state index < -0.39 is 0 Å². The van der Waals surface area contributed by atoms with Gasteiger partial charge in [-0.2, -0.15) is 0 Å². The van der Waals surface area contributed by atoms with E-state index in [1.807, 2.05) is 0 Å². The maximum atomic E-state index is 5.90. The Hall–Kier alpha value is -0.120. The lowest BCUT2D eigenvalue weighted by Gasteiger charge is -2.38. The van der Waals surface area contributed by atoms with Crippen molar-refractivity contribution >= 4 is 0 Å². The molecule has 0 radical (unpaired) electrons. The van der Waals surface area contributed by atoms with Gasteiger partial charge in [0.25, 0.3) is 0 Å². The SMILES string of the molecule is NCC1CCCCCN1C1CCOCC1. The van der Waals surface area contributed by atoms with Crippen LogP contribution >= 0.6 is 0 Å². The molecule has 1 atom stereocenters. The van der Waals surface area contributed by atoms with E-state index in [1.54, 1.807) is 0 Å². The summed E-state index contributed by atoms with van der Waals surface area (Å²) in [5.74, 6) is 0. The summed E-state index contributed by atoms with van der Waals surface area (Å²) in [6, 6.07) is 1.38. The van der Waals surface area contributed by atoms with Gasteiger partial charge in [0.15, 0.2) is 0 Å². The molecule has 3 nitrogen and oxygen atoms in total. The maximum Gasteiger partial charge on any atom is 0.0480 e. The van der Waals surface area contributed by atoms with Crippen LogP contribution in [0.4, 0.5) is 0 Å². The molecule has 2 aliphatic heterocycles. The molecule has 2 heterocycles. The summed E-state index contributed by atoms with van der Waals surface area (Å²) in [5, 5.41) is 0. The van der Waals surface area contributed by atoms with Crippen LogP contribution in [0.5, 0.6) is 0 Å². The highest BCUT2D eigenvalue weighted by Crippen LogP contribution is 2.23. The first-order valence-electron chi connectivity index (χ1n) is 6.45. The molecule has 1 unspecified atom stereocenters. The van der Waals surface area contributed by atoms with Gasteiger partial charge in [0.2, 0.25) is 0 Å². The number of hydrogen-bond acceptors (Lipinski definition) is 3. The highest BCUT2D eigenvalue weighted by Gasteiger charge is 2.27. The Morgan fingerprint density at radius 1 is 1.07 bits per heavy atom. The first kappa shape index (κ1) is 11.4. The van der Waals surface area contributed by atoms with Crippen molar-refractivity contribution in [2.75, 3.05) is 26.3 Å². The number of hydrogen-bond donors (Lipinski definition) is 1. The molecule has 0 bridgehead atoms. The van der Waals surface area contributed by atoms with Crippen LogP contribution in [-0.4, -0.2) is 43.3 Å². The lowest BCUT2D eigenvalue weighted by Crippen LogP contribution is -2.48. The van der Waals surface area contributed by atoms with Gasteiger partial charge in [-0.25, -0.2) is 0 Å². The van der Waals surface area contributed by atoms with E-state index in [9.17, 15) is 0 Å². The molecule has 2 rings (SSSR count). The average molecular weight is 212 g/mol. The number of rotatable bonds is 2. The smallest absolute Gasteiger partial charge is 0.0480 e. The van der Waals surface area contributed by atoms with Crippen molar-refractivity contribution in [2.24, 2.45) is 5.73 Å². The maximum absolute atomic E-state index is 5.90. The molecule has 2 saturated heterocycles. The van der Waals surface area contributed by atoms with Gasteiger partial charge in [0, 0.05) is 31.8 Å². The zero-order chi connectivity index (χ0) is 10.5. The molecule has 2 aliphatic rings. The molecule has 0 amide bonds. The second-order valence-corrected chi connectivity index (χ2v) is 4.82. The quantitative estimate of drug-likeness (QED) is 0.751. The summed E-state index contributed by atoms with van der Waals surface area (Å²) < 4.78 is 5.43. The second-order valence-electron chi connectivity index (χ2n) is 4.82. The van der Waals surface area contributed by atoms with E-state index in [0.717, 1.165) is 25.8 Å². The molecule has 15 heavy (non-hydrogen) atoms. The van der Waals surface area contributed by atoms with E-state index in [2.05, 4.69) is 4.90 Å². The summed E-state index contributed by atoms with van der Waals surface area (Å²) in [4.78, 5) is 2.68. The van der Waals surface area contributed by atoms with Crippen molar-refractivity contribution < 1.29 is 4.74 Å². The molecular formula is C12H24N2O. The first-order valence-corrected chi connectivity index (χ1v) is 6.45. The molecule has 2 fully saturated rings. The molecule has 0 aliphatic carbocycles. The topological polar surface area (TPSA) is 38.5 Å². The fraction of sp³-hybridized carbons (Fsp3) is 1.00. The summed E-state index contributed by atoms with van der Waals surface area (Å²) in [7, 11) is 0. The predicted octanol–water partition coefficient (Wildman–Crippen LogP) is 1.37. The Balaban J connectivity index is 1.95. The van der Waals surface area contributed by atoms with E-state index in [4.69, 9.17) is 10.5 Å². The lowest BCUT2D eigenvalue weighted by molar-refractivity contribution is 0.0192. The molecule has 3 heteroatoms. The zero-order valence-electron chi connectivity index (χ0n) is 9.66. The van der Waals surface area contributed by atoms with Crippen LogP contribution in [0, 0.1) is 0 Å². The minimum atomic E-state index is 0.635. The third-order valence-corrected chi connectivity index (χ3v) is 3.85. The normalized spacial score (nSPS) is 31.4. The monoisotopic (exact) mass is 212 g/mol. The van der Waals surface area contributed by atoms with Crippen molar-refractivity contribution in [3.8, 4) is 0 Å². The molecule has 0 spiro atoms. The van der Waals surface area contributed by atoms with Crippen LogP contribution in [0.15, 0.2) is 0 Å². The lowest BCUT2D eigenvalue weighted by atomic mass is 10.0. The van der Waals surface area contributed by atoms with E-state index >= 15 is 0 Å². The Labute approximate surface area is 93.0 Å². The van der Waals surface area contributed by atoms with E-state index in [1.165, 1.54) is 45.1 Å². The highest BCUT2D eigenvalue weighted by atomic mass is 16.5. The predicted molar refractivity (Wildman–Crippen MR) is 61.9 cm³/mol. The van der Waals surface area contributed by atoms with Crippen molar-refractivity contribution in [1.82, 2.24) is 4.90 Å². The molecule has 0 aromatic heterocycles. The Morgan fingerprint density at radius 3 is 2.60 bits per heavy atom. The van der Waals surface area contributed by atoms with E-state index in [0.29, 0.717) is 6.04 Å². The first-order chi connectivity index (χ1) is 7.42. The number of likely N-dealkylation sites (tertiary alicyclic amines) is 1. The second kappa shape index (κ2) is 5.83. The Kier molecular flexibility index (Phi) is 4.42. The van der Waals surface area contributed by atoms with Crippen molar-refractivity contribution in [3.63, 3.8) is 0 Å². The molecule has 88 valence electrons. The van der Waals surface area contributed by atoms with Crippen LogP contribution in [0.25, 0.3) is 0 Å². The van der Waals surface area contributed by atoms with Gasteiger partial charge in [0.1, 0.15) is 0 Å². The van der Waals surface area contributed by atoms with Crippen LogP contribution in [0.1, 0.15) is 38.5 Å². The van der Waals surface area contributed by atoms with Gasteiger partial charge in [-0.05, 0) is 32.2 Å². The number of ether oxygens (including phenoxy) is 1. The zero-order valence-corrected chi connectivity index (χ0v) is 9.66. The molecular weight excluding hydrogens is 188 g/mol. The van der Waals surface area contributed by atoms with Crippen molar-refractivity contribution in [3.05, 3.63) is 0 Å². The van der Waals surface area contributed by atoms with Crippen LogP contribution in [-0.2, 0) is 4.74 Å². The number of nitrogens with two attached hydrogens (primary N) is 1. The summed E-state index contributed by atoms with van der Waals surface area (Å²) >= 11 is 0. The van der Waals surface area contributed by atoms with Crippen molar-refractivity contribution in [1.29, 1.82) is 0 Å². The van der Waals surface area contributed by atoms with Crippen LogP contribution in [0.3, 0.4) is 0 Å².